The minimum Gasteiger partial charge on any atom is -0.455 e. The first-order valence-corrected chi connectivity index (χ1v) is 8.67. The van der Waals surface area contributed by atoms with Crippen LogP contribution in [0.2, 0.25) is 0 Å². The van der Waals surface area contributed by atoms with Gasteiger partial charge in [-0.05, 0) is 18.6 Å². The Morgan fingerprint density at radius 2 is 1.92 bits per heavy atom. The quantitative estimate of drug-likeness (QED) is 0.809. The number of carbonyl (C=O) groups excluding carboxylic acids is 1. The molecule has 3 rings (SSSR count). The largest absolute Gasteiger partial charge is 0.501 e. The molecule has 0 fully saturated rings. The number of sulfone groups is 1. The number of carbonyl (C=O) groups is 1. The molecule has 0 bridgehead atoms. The summed E-state index contributed by atoms with van der Waals surface area (Å²) in [6.45, 7) is 0. The summed E-state index contributed by atoms with van der Waals surface area (Å²) in [7, 11) is -5.67. The van der Waals surface area contributed by atoms with E-state index in [4.69, 9.17) is 10.00 Å². The number of rotatable bonds is 3. The van der Waals surface area contributed by atoms with E-state index in [2.05, 4.69) is 4.98 Å². The van der Waals surface area contributed by atoms with Crippen molar-refractivity contribution in [3.8, 4) is 17.6 Å². The number of benzene rings is 1. The van der Waals surface area contributed by atoms with Crippen LogP contribution in [0.3, 0.4) is 0 Å². The molecule has 1 aromatic heterocycles. The van der Waals surface area contributed by atoms with Crippen LogP contribution in [0.25, 0.3) is 0 Å². The number of ether oxygens (including phenoxy) is 1. The second-order valence-electron chi connectivity index (χ2n) is 5.41. The molecular weight excluding hydrogens is 373 g/mol. The molecule has 0 radical (unpaired) electrons. The van der Waals surface area contributed by atoms with Crippen LogP contribution in [0.5, 0.6) is 11.5 Å². The second kappa shape index (κ2) is 6.10. The summed E-state index contributed by atoms with van der Waals surface area (Å²) in [4.78, 5) is 14.7. The highest BCUT2D eigenvalue weighted by Gasteiger charge is 2.49. The highest BCUT2D eigenvalue weighted by atomic mass is 32.2. The number of hydrogen-bond donors (Lipinski definition) is 0. The zero-order chi connectivity index (χ0) is 19.1. The highest BCUT2D eigenvalue weighted by Crippen LogP contribution is 2.41. The van der Waals surface area contributed by atoms with E-state index in [9.17, 15) is 26.4 Å². The van der Waals surface area contributed by atoms with Gasteiger partial charge in [-0.3, -0.25) is 9.78 Å². The number of hydrogen-bond acceptors (Lipinski definition) is 6. The first-order chi connectivity index (χ1) is 12.1. The third-order valence-corrected chi connectivity index (χ3v) is 5.31. The van der Waals surface area contributed by atoms with Gasteiger partial charge >= 0.3 is 5.51 Å². The lowest BCUT2D eigenvalue weighted by molar-refractivity contribution is -0.0436. The molecule has 1 heterocycles. The molecule has 0 spiro atoms. The molecule has 1 aliphatic carbocycles. The van der Waals surface area contributed by atoms with Crippen LogP contribution in [0.1, 0.15) is 27.9 Å². The van der Waals surface area contributed by atoms with Crippen molar-refractivity contribution in [3.05, 3.63) is 47.3 Å². The van der Waals surface area contributed by atoms with Gasteiger partial charge in [0, 0.05) is 29.8 Å². The Hall–Kier alpha value is -2.93. The second-order valence-corrected chi connectivity index (χ2v) is 7.32. The molecule has 6 nitrogen and oxygen atoms in total. The van der Waals surface area contributed by atoms with Crippen LogP contribution in [-0.2, 0) is 16.3 Å². The number of pyridine rings is 1. The maximum absolute atomic E-state index is 12.9. The molecule has 0 aliphatic heterocycles. The van der Waals surface area contributed by atoms with Crippen molar-refractivity contribution < 1.29 is 31.1 Å². The summed E-state index contributed by atoms with van der Waals surface area (Å²) < 4.78 is 67.6. The average Bonchev–Trinajstić information content (AvgIpc) is 2.97. The van der Waals surface area contributed by atoms with Gasteiger partial charge in [-0.15, -0.1) is 0 Å². The van der Waals surface area contributed by atoms with Gasteiger partial charge in [0.2, 0.25) is 0 Å². The van der Waals surface area contributed by atoms with Gasteiger partial charge in [-0.2, -0.15) is 18.4 Å². The third-order valence-electron chi connectivity index (χ3n) is 3.78. The Morgan fingerprint density at radius 1 is 1.19 bits per heavy atom. The van der Waals surface area contributed by atoms with E-state index in [1.807, 2.05) is 6.07 Å². The molecule has 0 saturated carbocycles. The molecule has 26 heavy (non-hydrogen) atoms. The number of ketones is 1. The predicted octanol–water partition coefficient (Wildman–Crippen LogP) is 3.17. The van der Waals surface area contributed by atoms with E-state index in [0.29, 0.717) is 6.07 Å². The van der Waals surface area contributed by atoms with Gasteiger partial charge in [0.1, 0.15) is 17.6 Å². The summed E-state index contributed by atoms with van der Waals surface area (Å²) in [5.41, 5.74) is -5.73. The summed E-state index contributed by atoms with van der Waals surface area (Å²) >= 11 is 0. The lowest BCUT2D eigenvalue weighted by atomic mass is 10.1. The van der Waals surface area contributed by atoms with E-state index in [1.165, 1.54) is 18.5 Å². The van der Waals surface area contributed by atoms with Crippen molar-refractivity contribution in [2.45, 2.75) is 23.2 Å². The van der Waals surface area contributed by atoms with Crippen molar-refractivity contribution in [1.29, 1.82) is 5.26 Å². The summed E-state index contributed by atoms with van der Waals surface area (Å²) in [5.74, 6) is -0.516. The van der Waals surface area contributed by atoms with Crippen LogP contribution >= 0.6 is 0 Å². The number of nitrogens with zero attached hydrogens (tertiary/aromatic N) is 2. The van der Waals surface area contributed by atoms with Gasteiger partial charge < -0.3 is 4.74 Å². The first kappa shape index (κ1) is 17.9. The molecule has 1 aliphatic rings. The fourth-order valence-electron chi connectivity index (χ4n) is 2.63. The highest BCUT2D eigenvalue weighted by molar-refractivity contribution is 7.92. The van der Waals surface area contributed by atoms with E-state index >= 15 is 0 Å². The minimum atomic E-state index is -5.67. The molecule has 0 saturated heterocycles. The van der Waals surface area contributed by atoms with Crippen molar-refractivity contribution in [2.75, 3.05) is 0 Å². The maximum Gasteiger partial charge on any atom is 0.501 e. The molecule has 2 aromatic rings. The van der Waals surface area contributed by atoms with Gasteiger partial charge in [-0.25, -0.2) is 8.42 Å². The third kappa shape index (κ3) is 2.90. The van der Waals surface area contributed by atoms with E-state index < -0.39 is 31.6 Å². The number of fused-ring (bicyclic) bond motifs is 1. The van der Waals surface area contributed by atoms with Crippen LogP contribution < -0.4 is 4.74 Å². The Kier molecular flexibility index (Phi) is 4.20. The zero-order valence-electron chi connectivity index (χ0n) is 12.9. The van der Waals surface area contributed by atoms with Crippen LogP contribution in [0.4, 0.5) is 13.2 Å². The normalized spacial score (nSPS) is 14.0. The lowest BCUT2D eigenvalue weighted by Crippen LogP contribution is -2.25. The number of aromatic nitrogens is 1. The van der Waals surface area contributed by atoms with Gasteiger partial charge in [-0.1, -0.05) is 0 Å². The number of halogens is 3. The fourth-order valence-corrected chi connectivity index (χ4v) is 3.63. The molecule has 0 atom stereocenters. The van der Waals surface area contributed by atoms with Crippen molar-refractivity contribution in [1.82, 2.24) is 4.98 Å². The number of Topliss-reactive ketones (excluding diaryl/α,β-unsaturated/α-hetero) is 1. The summed E-state index contributed by atoms with van der Waals surface area (Å²) in [6, 6.07) is 4.99. The Labute approximate surface area is 145 Å². The molecule has 0 unspecified atom stereocenters. The van der Waals surface area contributed by atoms with Gasteiger partial charge in [0.25, 0.3) is 9.84 Å². The Morgan fingerprint density at radius 3 is 2.58 bits per heavy atom. The van der Waals surface area contributed by atoms with Gasteiger partial charge in [0.05, 0.1) is 16.7 Å². The van der Waals surface area contributed by atoms with Crippen LogP contribution in [-0.4, -0.2) is 24.7 Å². The minimum absolute atomic E-state index is 0.0452. The molecule has 0 N–H and O–H groups in total. The fraction of sp³-hybridized carbons (Fsp3) is 0.188. The smallest absolute Gasteiger partial charge is 0.455 e. The van der Waals surface area contributed by atoms with Gasteiger partial charge in [0.15, 0.2) is 5.78 Å². The van der Waals surface area contributed by atoms with Crippen molar-refractivity contribution >= 4 is 15.6 Å². The number of alkyl halides is 3. The molecule has 0 amide bonds. The summed E-state index contributed by atoms with van der Waals surface area (Å²) in [5, 5.41) is 8.86. The monoisotopic (exact) mass is 382 g/mol. The number of nitriles is 1. The molecular formula is C16H9F3N2O4S. The van der Waals surface area contributed by atoms with Crippen LogP contribution in [0.15, 0.2) is 35.5 Å². The standard InChI is InChI=1S/C16H9F3N2O4S/c17-16(18,19)26(23,24)14-4-3-13(11-1-2-12(22)15(11)14)25-10-5-9(6-20)7-21-8-10/h3-5,7-8H,1-2H2. The molecule has 1 aromatic carbocycles. The lowest BCUT2D eigenvalue weighted by Gasteiger charge is -2.14. The van der Waals surface area contributed by atoms with E-state index in [-0.39, 0.29) is 35.5 Å². The predicted molar refractivity (Wildman–Crippen MR) is 81.4 cm³/mol. The molecule has 134 valence electrons. The average molecular weight is 382 g/mol. The molecule has 10 heteroatoms. The topological polar surface area (TPSA) is 97.1 Å². The first-order valence-electron chi connectivity index (χ1n) is 7.18. The SMILES string of the molecule is N#Cc1cncc(Oc2ccc(S(=O)(=O)C(F)(F)F)c3c2CCC3=O)c1. The maximum atomic E-state index is 12.9. The Balaban J connectivity index is 2.12. The summed E-state index contributed by atoms with van der Waals surface area (Å²) in [6.07, 6.45) is 2.51. The van der Waals surface area contributed by atoms with Crippen molar-refractivity contribution in [2.24, 2.45) is 0 Å². The van der Waals surface area contributed by atoms with Crippen LogP contribution in [0, 0.1) is 11.3 Å². The van der Waals surface area contributed by atoms with Crippen molar-refractivity contribution in [3.63, 3.8) is 0 Å². The Bertz CT molecular complexity index is 1060. The van der Waals surface area contributed by atoms with E-state index in [1.54, 1.807) is 0 Å². The van der Waals surface area contributed by atoms with E-state index in [0.717, 1.165) is 6.07 Å². The zero-order valence-corrected chi connectivity index (χ0v) is 13.7.